The molecule has 0 atom stereocenters. The smallest absolute Gasteiger partial charge is 0.332 e. The molecule has 1 saturated carbocycles. The van der Waals surface area contributed by atoms with Crippen LogP contribution < -0.4 is 16.0 Å². The second-order valence-electron chi connectivity index (χ2n) is 7.52. The van der Waals surface area contributed by atoms with E-state index in [2.05, 4.69) is 17.1 Å². The Morgan fingerprint density at radius 3 is 2.36 bits per heavy atom. The number of aromatic nitrogens is 4. The zero-order valence-electron chi connectivity index (χ0n) is 16.6. The van der Waals surface area contributed by atoms with Crippen LogP contribution in [0.15, 0.2) is 33.9 Å². The minimum absolute atomic E-state index is 0.321. The maximum absolute atomic E-state index is 12.6. The van der Waals surface area contributed by atoms with Crippen molar-refractivity contribution in [3.63, 3.8) is 0 Å². The van der Waals surface area contributed by atoms with Crippen LogP contribution in [-0.2, 0) is 20.6 Å². The summed E-state index contributed by atoms with van der Waals surface area (Å²) in [6, 6.07) is 8.49. The number of benzene rings is 1. The molecule has 0 unspecified atom stereocenters. The van der Waals surface area contributed by atoms with E-state index in [1.807, 2.05) is 19.1 Å². The van der Waals surface area contributed by atoms with Crippen molar-refractivity contribution in [2.75, 3.05) is 0 Å². The summed E-state index contributed by atoms with van der Waals surface area (Å²) in [5, 5.41) is 0. The molecule has 1 aliphatic rings. The molecule has 0 bridgehead atoms. The van der Waals surface area contributed by atoms with E-state index < -0.39 is 5.69 Å². The average molecular weight is 382 g/mol. The zero-order chi connectivity index (χ0) is 19.8. The highest BCUT2D eigenvalue weighted by Crippen LogP contribution is 2.34. The molecule has 7 nitrogen and oxygen atoms in total. The lowest BCUT2D eigenvalue weighted by atomic mass is 9.84. The quantitative estimate of drug-likeness (QED) is 0.694. The summed E-state index contributed by atoms with van der Waals surface area (Å²) in [5.74, 6) is 1.31. The van der Waals surface area contributed by atoms with E-state index in [1.54, 1.807) is 11.6 Å². The predicted molar refractivity (Wildman–Crippen MR) is 108 cm³/mol. The van der Waals surface area contributed by atoms with Gasteiger partial charge in [-0.05, 0) is 43.4 Å². The van der Waals surface area contributed by atoms with Gasteiger partial charge in [-0.3, -0.25) is 18.5 Å². The van der Waals surface area contributed by atoms with Crippen LogP contribution in [0.5, 0.6) is 11.8 Å². The van der Waals surface area contributed by atoms with Crippen LogP contribution in [0.4, 0.5) is 0 Å². The van der Waals surface area contributed by atoms with Gasteiger partial charge in [-0.25, -0.2) is 4.79 Å². The highest BCUT2D eigenvalue weighted by molar-refractivity contribution is 5.72. The van der Waals surface area contributed by atoms with Gasteiger partial charge in [0.25, 0.3) is 5.56 Å². The van der Waals surface area contributed by atoms with E-state index in [1.165, 1.54) is 49.3 Å². The first-order valence-corrected chi connectivity index (χ1v) is 9.95. The van der Waals surface area contributed by atoms with E-state index in [4.69, 9.17) is 4.74 Å². The number of nitrogens with zero attached hydrogens (tertiary/aromatic N) is 4. The van der Waals surface area contributed by atoms with Gasteiger partial charge in [0.2, 0.25) is 0 Å². The van der Waals surface area contributed by atoms with Gasteiger partial charge < -0.3 is 4.74 Å². The van der Waals surface area contributed by atoms with Gasteiger partial charge in [-0.2, -0.15) is 4.98 Å². The maximum atomic E-state index is 12.6. The predicted octanol–water partition coefficient (Wildman–Crippen LogP) is 3.29. The van der Waals surface area contributed by atoms with E-state index in [-0.39, 0.29) is 5.56 Å². The third-order valence-corrected chi connectivity index (χ3v) is 5.79. The van der Waals surface area contributed by atoms with Crippen LogP contribution in [0.25, 0.3) is 11.2 Å². The summed E-state index contributed by atoms with van der Waals surface area (Å²) in [5.41, 5.74) is 1.30. The van der Waals surface area contributed by atoms with Crippen LogP contribution in [-0.4, -0.2) is 18.7 Å². The van der Waals surface area contributed by atoms with Crippen molar-refractivity contribution in [1.82, 2.24) is 18.7 Å². The third kappa shape index (κ3) is 3.04. The summed E-state index contributed by atoms with van der Waals surface area (Å²) in [4.78, 5) is 29.2. The molecule has 7 heteroatoms. The molecule has 0 aliphatic heterocycles. The molecule has 0 N–H and O–H groups in total. The van der Waals surface area contributed by atoms with E-state index in [0.29, 0.717) is 35.4 Å². The number of rotatable bonds is 4. The fourth-order valence-electron chi connectivity index (χ4n) is 4.15. The molecule has 0 saturated heterocycles. The Balaban J connectivity index is 1.70. The van der Waals surface area contributed by atoms with Crippen LogP contribution in [0, 0.1) is 0 Å². The minimum atomic E-state index is -0.401. The Hall–Kier alpha value is -2.83. The average Bonchev–Trinajstić information content (AvgIpc) is 3.10. The van der Waals surface area contributed by atoms with Crippen molar-refractivity contribution < 1.29 is 4.74 Å². The molecule has 4 rings (SSSR count). The molecule has 28 heavy (non-hydrogen) atoms. The van der Waals surface area contributed by atoms with Gasteiger partial charge in [-0.1, -0.05) is 31.4 Å². The molecular weight excluding hydrogens is 356 g/mol. The van der Waals surface area contributed by atoms with E-state index in [9.17, 15) is 9.59 Å². The largest absolute Gasteiger partial charge is 0.425 e. The Bertz CT molecular complexity index is 1120. The number of aryl methyl sites for hydroxylation is 2. The molecule has 0 radical (unpaired) electrons. The molecule has 0 spiro atoms. The second kappa shape index (κ2) is 7.30. The highest BCUT2D eigenvalue weighted by Gasteiger charge is 2.20. The van der Waals surface area contributed by atoms with Crippen molar-refractivity contribution in [3.05, 3.63) is 50.7 Å². The van der Waals surface area contributed by atoms with Gasteiger partial charge in [-0.15, -0.1) is 0 Å². The van der Waals surface area contributed by atoms with Crippen molar-refractivity contribution in [3.8, 4) is 11.8 Å². The first-order valence-electron chi connectivity index (χ1n) is 9.95. The molecule has 1 fully saturated rings. The van der Waals surface area contributed by atoms with Gasteiger partial charge in [0.05, 0.1) is 0 Å². The molecular formula is C21H26N4O3. The van der Waals surface area contributed by atoms with E-state index >= 15 is 0 Å². The first-order chi connectivity index (χ1) is 13.5. The normalized spacial score (nSPS) is 15.2. The van der Waals surface area contributed by atoms with Crippen molar-refractivity contribution in [1.29, 1.82) is 0 Å². The SMILES string of the molecule is CCn1c(Oc2ccc(C3CCCCC3)cc2)nc2c1c(=O)n(C)c(=O)n2C. The van der Waals surface area contributed by atoms with Gasteiger partial charge in [0.1, 0.15) is 5.75 Å². The summed E-state index contributed by atoms with van der Waals surface area (Å²) in [6.07, 6.45) is 6.45. The molecule has 2 heterocycles. The third-order valence-electron chi connectivity index (χ3n) is 5.79. The lowest BCUT2D eigenvalue weighted by Crippen LogP contribution is -2.37. The lowest BCUT2D eigenvalue weighted by Gasteiger charge is -2.22. The van der Waals surface area contributed by atoms with Gasteiger partial charge in [0, 0.05) is 20.6 Å². The van der Waals surface area contributed by atoms with Crippen LogP contribution in [0.3, 0.4) is 0 Å². The summed E-state index contributed by atoms with van der Waals surface area (Å²) in [6.45, 7) is 2.43. The van der Waals surface area contributed by atoms with Crippen molar-refractivity contribution in [2.45, 2.75) is 51.5 Å². The molecule has 0 amide bonds. The monoisotopic (exact) mass is 382 g/mol. The molecule has 2 aromatic heterocycles. The highest BCUT2D eigenvalue weighted by atomic mass is 16.5. The standard InChI is InChI=1S/C21H26N4O3/c1-4-25-17-18(23(2)21(27)24(3)19(17)26)22-20(25)28-16-12-10-15(11-13-16)14-8-6-5-7-9-14/h10-14H,4-9H2,1-3H3. The van der Waals surface area contributed by atoms with Gasteiger partial charge in [0.15, 0.2) is 11.2 Å². The molecule has 1 aliphatic carbocycles. The summed E-state index contributed by atoms with van der Waals surface area (Å²) < 4.78 is 10.2. The number of hydrogen-bond acceptors (Lipinski definition) is 4. The summed E-state index contributed by atoms with van der Waals surface area (Å²) in [7, 11) is 3.08. The van der Waals surface area contributed by atoms with Crippen LogP contribution in [0.2, 0.25) is 0 Å². The second-order valence-corrected chi connectivity index (χ2v) is 7.52. The lowest BCUT2D eigenvalue weighted by molar-refractivity contribution is 0.417. The summed E-state index contributed by atoms with van der Waals surface area (Å²) >= 11 is 0. The molecule has 3 aromatic rings. The van der Waals surface area contributed by atoms with Crippen molar-refractivity contribution in [2.24, 2.45) is 14.1 Å². The molecule has 1 aromatic carbocycles. The Morgan fingerprint density at radius 1 is 1.04 bits per heavy atom. The number of hydrogen-bond donors (Lipinski definition) is 0. The number of ether oxygens (including phenoxy) is 1. The van der Waals surface area contributed by atoms with Crippen LogP contribution >= 0.6 is 0 Å². The Labute approximate surface area is 163 Å². The maximum Gasteiger partial charge on any atom is 0.332 e. The van der Waals surface area contributed by atoms with Crippen LogP contribution in [0.1, 0.15) is 50.5 Å². The topological polar surface area (TPSA) is 71.1 Å². The number of imidazole rings is 1. The minimum Gasteiger partial charge on any atom is -0.425 e. The van der Waals surface area contributed by atoms with Crippen molar-refractivity contribution >= 4 is 11.2 Å². The number of fused-ring (bicyclic) bond motifs is 1. The first kappa shape index (κ1) is 18.5. The fourth-order valence-corrected chi connectivity index (χ4v) is 4.15. The molecule has 148 valence electrons. The van der Waals surface area contributed by atoms with E-state index in [0.717, 1.165) is 4.57 Å². The zero-order valence-corrected chi connectivity index (χ0v) is 16.6. The Kier molecular flexibility index (Phi) is 4.83. The Morgan fingerprint density at radius 2 is 1.71 bits per heavy atom. The van der Waals surface area contributed by atoms with Gasteiger partial charge >= 0.3 is 11.7 Å². The fraction of sp³-hybridized carbons (Fsp3) is 0.476.